The van der Waals surface area contributed by atoms with Crippen molar-refractivity contribution in [3.8, 4) is 5.75 Å². The Hall–Kier alpha value is -3.54. The van der Waals surface area contributed by atoms with E-state index in [0.29, 0.717) is 31.4 Å². The second kappa shape index (κ2) is 10.2. The van der Waals surface area contributed by atoms with Crippen molar-refractivity contribution in [3.63, 3.8) is 0 Å². The van der Waals surface area contributed by atoms with Gasteiger partial charge in [0.15, 0.2) is 5.76 Å². The number of carbonyl (C=O) groups is 1. The number of rotatable bonds is 10. The summed E-state index contributed by atoms with van der Waals surface area (Å²) < 4.78 is 13.3. The minimum Gasteiger partial charge on any atom is -0.492 e. The molecule has 4 rings (SSSR count). The van der Waals surface area contributed by atoms with Crippen molar-refractivity contribution in [1.29, 1.82) is 0 Å². The highest BCUT2D eigenvalue weighted by Gasteiger charge is 2.12. The van der Waals surface area contributed by atoms with Gasteiger partial charge in [0, 0.05) is 13.0 Å². The third-order valence-corrected chi connectivity index (χ3v) is 5.47. The zero-order valence-electron chi connectivity index (χ0n) is 18.6. The van der Waals surface area contributed by atoms with Gasteiger partial charge >= 0.3 is 0 Å². The lowest BCUT2D eigenvalue weighted by Crippen LogP contribution is -2.24. The van der Waals surface area contributed by atoms with Crippen molar-refractivity contribution in [2.45, 2.75) is 39.2 Å². The molecule has 0 aliphatic rings. The predicted octanol–water partition coefficient (Wildman–Crippen LogP) is 5.19. The second-order valence-electron chi connectivity index (χ2n) is 8.08. The summed E-state index contributed by atoms with van der Waals surface area (Å²) in [6, 6.07) is 19.8. The van der Waals surface area contributed by atoms with Crippen LogP contribution in [0.15, 0.2) is 71.3 Å². The summed E-state index contributed by atoms with van der Waals surface area (Å²) in [7, 11) is 0. The number of aromatic nitrogens is 2. The van der Waals surface area contributed by atoms with Crippen LogP contribution in [0.3, 0.4) is 0 Å². The van der Waals surface area contributed by atoms with E-state index in [9.17, 15) is 4.79 Å². The largest absolute Gasteiger partial charge is 0.492 e. The number of hydrogen-bond donors (Lipinski definition) is 1. The summed E-state index contributed by atoms with van der Waals surface area (Å²) in [5.41, 5.74) is 3.38. The molecule has 1 N–H and O–H groups in total. The number of aryl methyl sites for hydroxylation is 1. The van der Waals surface area contributed by atoms with Crippen molar-refractivity contribution in [2.24, 2.45) is 0 Å². The molecule has 32 heavy (non-hydrogen) atoms. The Kier molecular flexibility index (Phi) is 6.90. The normalized spacial score (nSPS) is 11.2. The number of nitrogens with zero attached hydrogens (tertiary/aromatic N) is 2. The molecule has 0 unspecified atom stereocenters. The molecule has 6 heteroatoms. The molecular formula is C26H29N3O3. The monoisotopic (exact) mass is 431 g/mol. The van der Waals surface area contributed by atoms with Crippen molar-refractivity contribution < 1.29 is 13.9 Å². The summed E-state index contributed by atoms with van der Waals surface area (Å²) in [5, 5.41) is 2.89. The smallest absolute Gasteiger partial charge is 0.286 e. The lowest BCUT2D eigenvalue weighted by Gasteiger charge is -2.12. The lowest BCUT2D eigenvalue weighted by atomic mass is 10.0. The Morgan fingerprint density at radius 2 is 1.91 bits per heavy atom. The molecule has 0 aliphatic carbocycles. The Bertz CT molecular complexity index is 1150. The van der Waals surface area contributed by atoms with Crippen LogP contribution in [0.4, 0.5) is 0 Å². The number of furan rings is 1. The van der Waals surface area contributed by atoms with Gasteiger partial charge in [-0.1, -0.05) is 38.1 Å². The van der Waals surface area contributed by atoms with Gasteiger partial charge in [-0.25, -0.2) is 4.98 Å². The van der Waals surface area contributed by atoms with E-state index in [4.69, 9.17) is 14.1 Å². The number of nitrogens with one attached hydrogen (secondary N) is 1. The third-order valence-electron chi connectivity index (χ3n) is 5.47. The maximum Gasteiger partial charge on any atom is 0.286 e. The highest BCUT2D eigenvalue weighted by Crippen LogP contribution is 2.20. The molecule has 0 aliphatic heterocycles. The molecule has 1 amide bonds. The van der Waals surface area contributed by atoms with Gasteiger partial charge in [0.1, 0.15) is 18.2 Å². The van der Waals surface area contributed by atoms with Gasteiger partial charge in [-0.2, -0.15) is 0 Å². The fraction of sp³-hybridized carbons (Fsp3) is 0.308. The minimum atomic E-state index is -0.194. The summed E-state index contributed by atoms with van der Waals surface area (Å²) in [6.45, 7) is 6.19. The van der Waals surface area contributed by atoms with E-state index < -0.39 is 0 Å². The lowest BCUT2D eigenvalue weighted by molar-refractivity contribution is 0.0925. The molecule has 4 aromatic rings. The Labute approximate surface area is 188 Å². The topological polar surface area (TPSA) is 69.3 Å². The predicted molar refractivity (Wildman–Crippen MR) is 125 cm³/mol. The number of fused-ring (bicyclic) bond motifs is 1. The van der Waals surface area contributed by atoms with Crippen LogP contribution in [0.1, 0.15) is 48.1 Å². The Morgan fingerprint density at radius 3 is 2.66 bits per heavy atom. The van der Waals surface area contributed by atoms with Crippen LogP contribution in [0.25, 0.3) is 11.0 Å². The highest BCUT2D eigenvalue weighted by molar-refractivity contribution is 5.91. The molecule has 0 fully saturated rings. The highest BCUT2D eigenvalue weighted by atomic mass is 16.5. The molecular weight excluding hydrogens is 402 g/mol. The van der Waals surface area contributed by atoms with Gasteiger partial charge in [-0.15, -0.1) is 0 Å². The van der Waals surface area contributed by atoms with Gasteiger partial charge in [-0.05, 0) is 54.3 Å². The first-order valence-electron chi connectivity index (χ1n) is 11.1. The van der Waals surface area contributed by atoms with Gasteiger partial charge in [0.2, 0.25) is 0 Å². The quantitative estimate of drug-likeness (QED) is 0.351. The molecule has 2 aromatic carbocycles. The number of ether oxygens (including phenoxy) is 1. The van der Waals surface area contributed by atoms with E-state index in [2.05, 4.69) is 41.9 Å². The third kappa shape index (κ3) is 5.19. The van der Waals surface area contributed by atoms with Crippen LogP contribution < -0.4 is 10.1 Å². The van der Waals surface area contributed by atoms with E-state index >= 15 is 0 Å². The summed E-state index contributed by atoms with van der Waals surface area (Å²) in [6.07, 6.45) is 3.04. The fourth-order valence-corrected chi connectivity index (χ4v) is 3.71. The van der Waals surface area contributed by atoms with E-state index in [1.54, 1.807) is 12.1 Å². The zero-order chi connectivity index (χ0) is 22.3. The first kappa shape index (κ1) is 21.7. The van der Waals surface area contributed by atoms with Crippen molar-refractivity contribution >= 4 is 16.9 Å². The molecule has 0 radical (unpaired) electrons. The number of benzene rings is 2. The molecule has 6 nitrogen and oxygen atoms in total. The molecule has 2 aromatic heterocycles. The van der Waals surface area contributed by atoms with Crippen LogP contribution in [0, 0.1) is 0 Å². The molecule has 0 saturated heterocycles. The Balaban J connectivity index is 1.36. The van der Waals surface area contributed by atoms with Crippen LogP contribution in [0.2, 0.25) is 0 Å². The van der Waals surface area contributed by atoms with E-state index in [1.807, 2.05) is 30.3 Å². The van der Waals surface area contributed by atoms with Crippen molar-refractivity contribution in [3.05, 3.63) is 84.1 Å². The molecule has 0 spiro atoms. The van der Waals surface area contributed by atoms with Gasteiger partial charge in [-0.3, -0.25) is 4.79 Å². The molecule has 0 atom stereocenters. The fourth-order valence-electron chi connectivity index (χ4n) is 3.71. The number of imidazole rings is 1. The summed E-state index contributed by atoms with van der Waals surface area (Å²) >= 11 is 0. The maximum absolute atomic E-state index is 12.0. The van der Waals surface area contributed by atoms with Gasteiger partial charge < -0.3 is 19.0 Å². The van der Waals surface area contributed by atoms with Gasteiger partial charge in [0.25, 0.3) is 5.91 Å². The average molecular weight is 432 g/mol. The van der Waals surface area contributed by atoms with E-state index in [-0.39, 0.29) is 5.91 Å². The van der Waals surface area contributed by atoms with E-state index in [1.165, 1.54) is 11.8 Å². The SMILES string of the molecule is CC(C)c1ccc(OCCn2c(CCCNC(=O)c3ccco3)nc3ccccc32)cc1. The standard InChI is InChI=1S/C26H29N3O3/c1-19(2)20-11-13-21(14-12-20)31-18-16-29-23-8-4-3-7-22(23)28-25(29)10-5-15-27-26(30)24-9-6-17-32-24/h3-4,6-9,11-14,17,19H,5,10,15-16,18H2,1-2H3,(H,27,30). The summed E-state index contributed by atoms with van der Waals surface area (Å²) in [5.74, 6) is 2.52. The maximum atomic E-state index is 12.0. The first-order chi connectivity index (χ1) is 15.6. The van der Waals surface area contributed by atoms with Crippen LogP contribution >= 0.6 is 0 Å². The number of amides is 1. The number of hydrogen-bond acceptors (Lipinski definition) is 4. The Morgan fingerprint density at radius 1 is 1.09 bits per heavy atom. The van der Waals surface area contributed by atoms with Gasteiger partial charge in [0.05, 0.1) is 23.8 Å². The zero-order valence-corrected chi connectivity index (χ0v) is 18.6. The number of para-hydroxylation sites is 2. The van der Waals surface area contributed by atoms with Crippen molar-refractivity contribution in [1.82, 2.24) is 14.9 Å². The second-order valence-corrected chi connectivity index (χ2v) is 8.08. The molecule has 2 heterocycles. The minimum absolute atomic E-state index is 0.194. The van der Waals surface area contributed by atoms with E-state index in [0.717, 1.165) is 35.4 Å². The number of carbonyl (C=O) groups excluding carboxylic acids is 1. The van der Waals surface area contributed by atoms with Crippen LogP contribution in [-0.2, 0) is 13.0 Å². The van der Waals surface area contributed by atoms with Crippen LogP contribution in [0.5, 0.6) is 5.75 Å². The first-order valence-corrected chi connectivity index (χ1v) is 11.1. The molecule has 166 valence electrons. The van der Waals surface area contributed by atoms with Crippen LogP contribution in [-0.4, -0.2) is 28.6 Å². The molecule has 0 bridgehead atoms. The molecule has 0 saturated carbocycles. The average Bonchev–Trinajstić information content (AvgIpc) is 3.46. The van der Waals surface area contributed by atoms with Crippen molar-refractivity contribution in [2.75, 3.05) is 13.2 Å². The summed E-state index contributed by atoms with van der Waals surface area (Å²) in [4.78, 5) is 16.8.